The molecular weight excluding hydrogens is 188 g/mol. The van der Waals surface area contributed by atoms with E-state index in [2.05, 4.69) is 11.8 Å². The van der Waals surface area contributed by atoms with Crippen LogP contribution in [0.5, 0.6) is 0 Å². The van der Waals surface area contributed by atoms with Crippen LogP contribution < -0.4 is 0 Å². The Kier molecular flexibility index (Phi) is 5.09. The molecule has 15 heavy (non-hydrogen) atoms. The molecule has 0 aromatic carbocycles. The Morgan fingerprint density at radius 1 is 1.33 bits per heavy atom. The number of rotatable bonds is 4. The molecule has 0 aromatic rings. The Morgan fingerprint density at radius 3 is 2.53 bits per heavy atom. The lowest BCUT2D eigenvalue weighted by atomic mass is 10.0. The molecule has 0 N–H and O–H groups in total. The average Bonchev–Trinajstić information content (AvgIpc) is 2.23. The van der Waals surface area contributed by atoms with Crippen molar-refractivity contribution in [2.45, 2.75) is 46.1 Å². The first-order valence-corrected chi connectivity index (χ1v) is 6.20. The molecule has 0 radical (unpaired) electrons. The number of carbonyl (C=O) groups excluding carboxylic acids is 1. The molecule has 1 amide bonds. The van der Waals surface area contributed by atoms with Crippen LogP contribution in [-0.4, -0.2) is 47.9 Å². The standard InChI is InChI=1S/C12H24N2O/c1-4-13(5-2)12(15)10-14-9-7-6-8-11(14)3/h11H,4-10H2,1-3H3. The summed E-state index contributed by atoms with van der Waals surface area (Å²) < 4.78 is 0. The van der Waals surface area contributed by atoms with Gasteiger partial charge in [-0.25, -0.2) is 0 Å². The van der Waals surface area contributed by atoms with Crippen LogP contribution in [0.3, 0.4) is 0 Å². The predicted octanol–water partition coefficient (Wildman–Crippen LogP) is 1.73. The molecule has 3 heteroatoms. The molecule has 0 saturated carbocycles. The van der Waals surface area contributed by atoms with Gasteiger partial charge in [-0.05, 0) is 40.2 Å². The van der Waals surface area contributed by atoms with Crippen LogP contribution in [0.2, 0.25) is 0 Å². The number of nitrogens with zero attached hydrogens (tertiary/aromatic N) is 2. The van der Waals surface area contributed by atoms with Crippen LogP contribution in [0.4, 0.5) is 0 Å². The van der Waals surface area contributed by atoms with E-state index >= 15 is 0 Å². The molecule has 0 aliphatic carbocycles. The highest BCUT2D eigenvalue weighted by Gasteiger charge is 2.21. The molecule has 1 aliphatic heterocycles. The van der Waals surface area contributed by atoms with Crippen molar-refractivity contribution < 1.29 is 4.79 Å². The highest BCUT2D eigenvalue weighted by atomic mass is 16.2. The largest absolute Gasteiger partial charge is 0.342 e. The first kappa shape index (κ1) is 12.5. The Labute approximate surface area is 93.4 Å². The van der Waals surface area contributed by atoms with Crippen molar-refractivity contribution in [3.8, 4) is 0 Å². The van der Waals surface area contributed by atoms with Crippen LogP contribution >= 0.6 is 0 Å². The van der Waals surface area contributed by atoms with Crippen molar-refractivity contribution in [1.29, 1.82) is 0 Å². The fourth-order valence-electron chi connectivity index (χ4n) is 2.24. The topological polar surface area (TPSA) is 23.6 Å². The molecule has 3 nitrogen and oxygen atoms in total. The molecule has 1 heterocycles. The van der Waals surface area contributed by atoms with E-state index in [0.29, 0.717) is 12.6 Å². The third-order valence-electron chi connectivity index (χ3n) is 3.40. The number of hydrogen-bond acceptors (Lipinski definition) is 2. The number of piperidine rings is 1. The highest BCUT2D eigenvalue weighted by molar-refractivity contribution is 5.78. The summed E-state index contributed by atoms with van der Waals surface area (Å²) in [5.41, 5.74) is 0. The zero-order chi connectivity index (χ0) is 11.3. The minimum atomic E-state index is 0.286. The Hall–Kier alpha value is -0.570. The van der Waals surface area contributed by atoms with E-state index in [1.165, 1.54) is 19.3 Å². The molecule has 1 fully saturated rings. The van der Waals surface area contributed by atoms with Gasteiger partial charge in [0.2, 0.25) is 5.91 Å². The number of hydrogen-bond donors (Lipinski definition) is 0. The Balaban J connectivity index is 2.41. The smallest absolute Gasteiger partial charge is 0.236 e. The minimum Gasteiger partial charge on any atom is -0.342 e. The normalized spacial score (nSPS) is 22.7. The molecule has 0 aromatic heterocycles. The van der Waals surface area contributed by atoms with Gasteiger partial charge < -0.3 is 4.90 Å². The molecular formula is C12H24N2O. The molecule has 0 spiro atoms. The molecule has 0 bridgehead atoms. The van der Waals surface area contributed by atoms with Gasteiger partial charge in [0.25, 0.3) is 0 Å². The van der Waals surface area contributed by atoms with Gasteiger partial charge in [0, 0.05) is 19.1 Å². The minimum absolute atomic E-state index is 0.286. The van der Waals surface area contributed by atoms with Crippen molar-refractivity contribution >= 4 is 5.91 Å². The lowest BCUT2D eigenvalue weighted by Gasteiger charge is -2.34. The van der Waals surface area contributed by atoms with Crippen LogP contribution in [0.15, 0.2) is 0 Å². The van der Waals surface area contributed by atoms with E-state index in [9.17, 15) is 4.79 Å². The van der Waals surface area contributed by atoms with Crippen molar-refractivity contribution in [3.05, 3.63) is 0 Å². The van der Waals surface area contributed by atoms with Gasteiger partial charge >= 0.3 is 0 Å². The second-order valence-corrected chi connectivity index (χ2v) is 4.38. The van der Waals surface area contributed by atoms with E-state index in [1.807, 2.05) is 18.7 Å². The lowest BCUT2D eigenvalue weighted by Crippen LogP contribution is -2.45. The molecule has 88 valence electrons. The third kappa shape index (κ3) is 3.49. The molecule has 1 atom stereocenters. The van der Waals surface area contributed by atoms with Crippen LogP contribution in [0.1, 0.15) is 40.0 Å². The van der Waals surface area contributed by atoms with Gasteiger partial charge in [-0.2, -0.15) is 0 Å². The third-order valence-corrected chi connectivity index (χ3v) is 3.40. The van der Waals surface area contributed by atoms with E-state index in [-0.39, 0.29) is 5.91 Å². The summed E-state index contributed by atoms with van der Waals surface area (Å²) >= 11 is 0. The maximum Gasteiger partial charge on any atom is 0.236 e. The van der Waals surface area contributed by atoms with Crippen LogP contribution in [-0.2, 0) is 4.79 Å². The number of likely N-dealkylation sites (N-methyl/N-ethyl adjacent to an activating group) is 1. The average molecular weight is 212 g/mol. The van der Waals surface area contributed by atoms with Crippen molar-refractivity contribution in [2.24, 2.45) is 0 Å². The van der Waals surface area contributed by atoms with E-state index in [4.69, 9.17) is 0 Å². The Morgan fingerprint density at radius 2 is 2.00 bits per heavy atom. The summed E-state index contributed by atoms with van der Waals surface area (Å²) in [5.74, 6) is 0.286. The van der Waals surface area contributed by atoms with E-state index in [1.54, 1.807) is 0 Å². The number of amides is 1. The fourth-order valence-corrected chi connectivity index (χ4v) is 2.24. The summed E-state index contributed by atoms with van der Waals surface area (Å²) in [6, 6.07) is 0.582. The number of likely N-dealkylation sites (tertiary alicyclic amines) is 1. The van der Waals surface area contributed by atoms with Gasteiger partial charge in [0.15, 0.2) is 0 Å². The maximum absolute atomic E-state index is 11.9. The summed E-state index contributed by atoms with van der Waals surface area (Å²) in [5, 5.41) is 0. The predicted molar refractivity (Wildman–Crippen MR) is 62.8 cm³/mol. The monoisotopic (exact) mass is 212 g/mol. The lowest BCUT2D eigenvalue weighted by molar-refractivity contribution is -0.132. The summed E-state index contributed by atoms with van der Waals surface area (Å²) in [6.07, 6.45) is 3.80. The van der Waals surface area contributed by atoms with Crippen LogP contribution in [0.25, 0.3) is 0 Å². The zero-order valence-electron chi connectivity index (χ0n) is 10.3. The van der Waals surface area contributed by atoms with Gasteiger partial charge in [-0.1, -0.05) is 6.42 Å². The van der Waals surface area contributed by atoms with Crippen LogP contribution in [0, 0.1) is 0 Å². The molecule has 1 unspecified atom stereocenters. The second-order valence-electron chi connectivity index (χ2n) is 4.38. The van der Waals surface area contributed by atoms with Crippen molar-refractivity contribution in [3.63, 3.8) is 0 Å². The quantitative estimate of drug-likeness (QED) is 0.708. The highest BCUT2D eigenvalue weighted by Crippen LogP contribution is 2.15. The summed E-state index contributed by atoms with van der Waals surface area (Å²) in [6.45, 7) is 9.68. The fraction of sp³-hybridized carbons (Fsp3) is 0.917. The molecule has 1 aliphatic rings. The first-order valence-electron chi connectivity index (χ1n) is 6.20. The van der Waals surface area contributed by atoms with Gasteiger partial charge in [0.1, 0.15) is 0 Å². The first-order chi connectivity index (χ1) is 7.19. The van der Waals surface area contributed by atoms with Crippen molar-refractivity contribution in [2.75, 3.05) is 26.2 Å². The van der Waals surface area contributed by atoms with E-state index in [0.717, 1.165) is 19.6 Å². The van der Waals surface area contributed by atoms with E-state index < -0.39 is 0 Å². The summed E-state index contributed by atoms with van der Waals surface area (Å²) in [7, 11) is 0. The second kappa shape index (κ2) is 6.11. The molecule has 1 saturated heterocycles. The van der Waals surface area contributed by atoms with Gasteiger partial charge in [-0.3, -0.25) is 9.69 Å². The van der Waals surface area contributed by atoms with Gasteiger partial charge in [-0.15, -0.1) is 0 Å². The summed E-state index contributed by atoms with van der Waals surface area (Å²) in [4.78, 5) is 16.1. The zero-order valence-corrected chi connectivity index (χ0v) is 10.3. The maximum atomic E-state index is 11.9. The van der Waals surface area contributed by atoms with Crippen molar-refractivity contribution in [1.82, 2.24) is 9.80 Å². The number of carbonyl (C=O) groups is 1. The SMILES string of the molecule is CCN(CC)C(=O)CN1CCCCC1C. The van der Waals surface area contributed by atoms with Gasteiger partial charge in [0.05, 0.1) is 6.54 Å². The molecule has 1 rings (SSSR count). The Bertz CT molecular complexity index is 202.